The maximum absolute atomic E-state index is 12.8. The van der Waals surface area contributed by atoms with Crippen molar-refractivity contribution in [2.24, 2.45) is 5.92 Å². The number of carbonyl (C=O) groups is 1. The number of carbonyl (C=O) groups excluding carboxylic acids is 1. The topological polar surface area (TPSA) is 66.5 Å². The molecule has 2 rings (SSSR count). The Morgan fingerprint density at radius 1 is 1.20 bits per heavy atom. The molecule has 1 fully saturated rings. The van der Waals surface area contributed by atoms with E-state index in [-0.39, 0.29) is 18.9 Å². The fraction of sp³-hybridized carbons (Fsp3) is 0.632. The molecule has 1 atom stereocenters. The highest BCUT2D eigenvalue weighted by molar-refractivity contribution is 7.89. The highest BCUT2D eigenvalue weighted by Crippen LogP contribution is 2.25. The highest BCUT2D eigenvalue weighted by Gasteiger charge is 2.24. The average Bonchev–Trinajstić information content (AvgIpc) is 2.52. The van der Waals surface area contributed by atoms with Crippen molar-refractivity contribution in [3.8, 4) is 0 Å². The van der Waals surface area contributed by atoms with E-state index < -0.39 is 10.0 Å². The molecule has 140 valence electrons. The summed E-state index contributed by atoms with van der Waals surface area (Å²) in [6, 6.07) is 2.00. The molecule has 1 amide bonds. The molecule has 1 aliphatic heterocycles. The lowest BCUT2D eigenvalue weighted by Gasteiger charge is -2.31. The van der Waals surface area contributed by atoms with Crippen LogP contribution >= 0.6 is 0 Å². The summed E-state index contributed by atoms with van der Waals surface area (Å²) in [7, 11) is -3.62. The quantitative estimate of drug-likeness (QED) is 0.871. The van der Waals surface area contributed by atoms with Crippen LogP contribution in [0.1, 0.15) is 48.4 Å². The molecule has 0 bridgehead atoms. The van der Waals surface area contributed by atoms with E-state index in [1.54, 1.807) is 0 Å². The SMILES string of the molecule is Cc1cc(C)c(C)c(S(=O)(=O)NCCC(=O)N2CCCC(C)C2)c1C. The van der Waals surface area contributed by atoms with E-state index in [0.717, 1.165) is 48.2 Å². The summed E-state index contributed by atoms with van der Waals surface area (Å²) in [6.07, 6.45) is 2.39. The van der Waals surface area contributed by atoms with Crippen LogP contribution in [0.25, 0.3) is 0 Å². The summed E-state index contributed by atoms with van der Waals surface area (Å²) in [5.41, 5.74) is 3.46. The van der Waals surface area contributed by atoms with E-state index in [2.05, 4.69) is 11.6 Å². The number of amides is 1. The lowest BCUT2D eigenvalue weighted by molar-refractivity contribution is -0.132. The Balaban J connectivity index is 2.04. The molecule has 1 aromatic carbocycles. The molecule has 1 saturated heterocycles. The molecule has 1 aromatic rings. The van der Waals surface area contributed by atoms with Gasteiger partial charge in [-0.2, -0.15) is 0 Å². The van der Waals surface area contributed by atoms with Crippen LogP contribution in [0.15, 0.2) is 11.0 Å². The first-order valence-corrected chi connectivity index (χ1v) is 10.5. The van der Waals surface area contributed by atoms with Crippen molar-refractivity contribution in [2.45, 2.75) is 58.8 Å². The summed E-state index contributed by atoms with van der Waals surface area (Å²) in [4.78, 5) is 14.5. The zero-order chi connectivity index (χ0) is 18.8. The van der Waals surface area contributed by atoms with E-state index in [9.17, 15) is 13.2 Å². The minimum atomic E-state index is -3.62. The second-order valence-electron chi connectivity index (χ2n) is 7.32. The third-order valence-corrected chi connectivity index (χ3v) is 6.94. The lowest BCUT2D eigenvalue weighted by Crippen LogP contribution is -2.40. The molecule has 0 aliphatic carbocycles. The van der Waals surface area contributed by atoms with Crippen molar-refractivity contribution in [3.05, 3.63) is 28.3 Å². The predicted molar refractivity (Wildman–Crippen MR) is 100 cm³/mol. The Kier molecular flexibility index (Phi) is 6.27. The van der Waals surface area contributed by atoms with E-state index in [1.165, 1.54) is 0 Å². The lowest BCUT2D eigenvalue weighted by atomic mass is 10.0. The molecule has 0 radical (unpaired) electrons. The van der Waals surface area contributed by atoms with Gasteiger partial charge in [0.25, 0.3) is 0 Å². The molecule has 25 heavy (non-hydrogen) atoms. The van der Waals surface area contributed by atoms with Crippen LogP contribution in [0.2, 0.25) is 0 Å². The second kappa shape index (κ2) is 7.87. The van der Waals surface area contributed by atoms with E-state index in [1.807, 2.05) is 38.7 Å². The zero-order valence-corrected chi connectivity index (χ0v) is 16.8. The maximum Gasteiger partial charge on any atom is 0.241 e. The summed E-state index contributed by atoms with van der Waals surface area (Å²) in [5.74, 6) is 0.554. The standard InChI is InChI=1S/C19H30N2O3S/c1-13-7-6-10-21(12-13)18(22)8-9-20-25(23,24)19-16(4)14(2)11-15(3)17(19)5/h11,13,20H,6-10,12H2,1-5H3. The van der Waals surface area contributed by atoms with Gasteiger partial charge in [-0.3, -0.25) is 4.79 Å². The van der Waals surface area contributed by atoms with Crippen molar-refractivity contribution < 1.29 is 13.2 Å². The third-order valence-electron chi connectivity index (χ3n) is 5.21. The van der Waals surface area contributed by atoms with Gasteiger partial charge in [0.15, 0.2) is 0 Å². The highest BCUT2D eigenvalue weighted by atomic mass is 32.2. The van der Waals surface area contributed by atoms with Crippen LogP contribution < -0.4 is 4.72 Å². The van der Waals surface area contributed by atoms with Gasteiger partial charge < -0.3 is 4.90 Å². The number of likely N-dealkylation sites (tertiary alicyclic amines) is 1. The van der Waals surface area contributed by atoms with Gasteiger partial charge in [-0.15, -0.1) is 0 Å². The summed E-state index contributed by atoms with van der Waals surface area (Å²) in [5, 5.41) is 0. The first kappa shape index (κ1) is 19.9. The molecular formula is C19H30N2O3S. The average molecular weight is 367 g/mol. The minimum absolute atomic E-state index is 0.0307. The summed E-state index contributed by atoms with van der Waals surface area (Å²) < 4.78 is 28.1. The Bertz CT molecular complexity index is 730. The minimum Gasteiger partial charge on any atom is -0.342 e. The number of sulfonamides is 1. The number of hydrogen-bond acceptors (Lipinski definition) is 3. The fourth-order valence-electron chi connectivity index (χ4n) is 3.52. The molecule has 5 nitrogen and oxygen atoms in total. The van der Waals surface area contributed by atoms with E-state index in [0.29, 0.717) is 10.8 Å². The Labute approximate surface area is 151 Å². The molecular weight excluding hydrogens is 336 g/mol. The summed E-state index contributed by atoms with van der Waals surface area (Å²) in [6.45, 7) is 11.3. The van der Waals surface area contributed by atoms with Gasteiger partial charge in [0.1, 0.15) is 0 Å². The molecule has 0 saturated carbocycles. The van der Waals surface area contributed by atoms with Crippen molar-refractivity contribution in [3.63, 3.8) is 0 Å². The predicted octanol–water partition coefficient (Wildman–Crippen LogP) is 2.85. The van der Waals surface area contributed by atoms with Gasteiger partial charge in [-0.25, -0.2) is 13.1 Å². The Morgan fingerprint density at radius 2 is 1.80 bits per heavy atom. The zero-order valence-electron chi connectivity index (χ0n) is 16.0. The van der Waals surface area contributed by atoms with Crippen LogP contribution in [0.5, 0.6) is 0 Å². The van der Waals surface area contributed by atoms with Crippen molar-refractivity contribution in [2.75, 3.05) is 19.6 Å². The first-order chi connectivity index (χ1) is 11.6. The monoisotopic (exact) mass is 366 g/mol. The third kappa shape index (κ3) is 4.61. The number of nitrogens with zero attached hydrogens (tertiary/aromatic N) is 1. The number of aryl methyl sites for hydroxylation is 2. The number of benzene rings is 1. The van der Waals surface area contributed by atoms with Gasteiger partial charge in [-0.05, 0) is 68.7 Å². The number of rotatable bonds is 5. The van der Waals surface area contributed by atoms with Crippen LogP contribution in [0.4, 0.5) is 0 Å². The van der Waals surface area contributed by atoms with Gasteiger partial charge in [-0.1, -0.05) is 13.0 Å². The molecule has 1 unspecified atom stereocenters. The first-order valence-electron chi connectivity index (χ1n) is 8.98. The van der Waals surface area contributed by atoms with Gasteiger partial charge in [0.2, 0.25) is 15.9 Å². The van der Waals surface area contributed by atoms with Crippen molar-refractivity contribution in [1.82, 2.24) is 9.62 Å². The Morgan fingerprint density at radius 3 is 2.36 bits per heavy atom. The number of nitrogens with one attached hydrogen (secondary N) is 1. The van der Waals surface area contributed by atoms with Crippen LogP contribution in [-0.2, 0) is 14.8 Å². The molecule has 1 heterocycles. The number of hydrogen-bond donors (Lipinski definition) is 1. The second-order valence-corrected chi connectivity index (χ2v) is 9.03. The molecule has 0 spiro atoms. The van der Waals surface area contributed by atoms with Gasteiger partial charge in [0.05, 0.1) is 4.90 Å². The van der Waals surface area contributed by atoms with Crippen molar-refractivity contribution >= 4 is 15.9 Å². The van der Waals surface area contributed by atoms with Gasteiger partial charge >= 0.3 is 0 Å². The van der Waals surface area contributed by atoms with E-state index in [4.69, 9.17) is 0 Å². The number of piperidine rings is 1. The fourth-order valence-corrected chi connectivity index (χ4v) is 5.17. The maximum atomic E-state index is 12.8. The largest absolute Gasteiger partial charge is 0.342 e. The van der Waals surface area contributed by atoms with E-state index >= 15 is 0 Å². The normalized spacial score (nSPS) is 18.4. The molecule has 6 heteroatoms. The smallest absolute Gasteiger partial charge is 0.241 e. The van der Waals surface area contributed by atoms with Crippen LogP contribution in [0, 0.1) is 33.6 Å². The van der Waals surface area contributed by atoms with Gasteiger partial charge in [0, 0.05) is 26.1 Å². The molecule has 1 aliphatic rings. The summed E-state index contributed by atoms with van der Waals surface area (Å²) >= 11 is 0. The molecule has 1 N–H and O–H groups in total. The van der Waals surface area contributed by atoms with Crippen LogP contribution in [0.3, 0.4) is 0 Å². The Hall–Kier alpha value is -1.40. The molecule has 0 aromatic heterocycles. The van der Waals surface area contributed by atoms with Crippen molar-refractivity contribution in [1.29, 1.82) is 0 Å². The van der Waals surface area contributed by atoms with Crippen LogP contribution in [-0.4, -0.2) is 38.9 Å².